The van der Waals surface area contributed by atoms with Crippen LogP contribution in [0.5, 0.6) is 5.75 Å². The number of imidazole rings is 1. The van der Waals surface area contributed by atoms with Gasteiger partial charge in [0.1, 0.15) is 5.75 Å². The van der Waals surface area contributed by atoms with Crippen molar-refractivity contribution in [1.82, 2.24) is 14.6 Å². The third-order valence-electron chi connectivity index (χ3n) is 5.83. The minimum atomic E-state index is -0.716. The van der Waals surface area contributed by atoms with Crippen LogP contribution in [0.1, 0.15) is 35.2 Å². The zero-order valence-electron chi connectivity index (χ0n) is 18.5. The van der Waals surface area contributed by atoms with Gasteiger partial charge in [-0.15, -0.1) is 0 Å². The Bertz CT molecular complexity index is 1180. The number of benzene rings is 2. The first-order valence-corrected chi connectivity index (χ1v) is 10.7. The maximum atomic E-state index is 6.01. The van der Waals surface area contributed by atoms with Gasteiger partial charge in [-0.3, -0.25) is 4.84 Å². The van der Waals surface area contributed by atoms with Crippen LogP contribution in [0.15, 0.2) is 66.2 Å². The first-order valence-electron chi connectivity index (χ1n) is 10.7. The summed E-state index contributed by atoms with van der Waals surface area (Å²) in [6, 6.07) is 14.4. The molecule has 0 amide bonds. The van der Waals surface area contributed by atoms with Crippen molar-refractivity contribution in [3.05, 3.63) is 83.4 Å². The summed E-state index contributed by atoms with van der Waals surface area (Å²) in [7, 11) is 1.67. The summed E-state index contributed by atoms with van der Waals surface area (Å²) in [4.78, 5) is 16.3. The summed E-state index contributed by atoms with van der Waals surface area (Å²) in [6.07, 6.45) is 9.36. The summed E-state index contributed by atoms with van der Waals surface area (Å²) in [5.74, 6) is 1.40. The average molecular weight is 431 g/mol. The molecular formula is C25H26N4O3. The van der Waals surface area contributed by atoms with E-state index in [1.54, 1.807) is 18.5 Å². The van der Waals surface area contributed by atoms with Crippen molar-refractivity contribution in [2.75, 3.05) is 13.7 Å². The molecule has 3 heterocycles. The number of fused-ring (bicyclic) bond motifs is 1. The van der Waals surface area contributed by atoms with E-state index in [0.29, 0.717) is 12.4 Å². The van der Waals surface area contributed by atoms with Gasteiger partial charge in [-0.05, 0) is 44.0 Å². The van der Waals surface area contributed by atoms with Crippen molar-refractivity contribution < 1.29 is 14.4 Å². The van der Waals surface area contributed by atoms with Gasteiger partial charge >= 0.3 is 0 Å². The standard InChI is InChI=1S/C25H26N4O3/c1-18-5-9-21(10-6-18)25-13-4-14-31-29(25)24(27-32-25)12-8-20-7-11-22(23(15-20)30-3)28-16-19(2)26-17-28/h5-12,15-17H,4,13-14H2,1-3H3/b12-8+. The minimum absolute atomic E-state index is 0.636. The number of oxime groups is 1. The van der Waals surface area contributed by atoms with Gasteiger partial charge in [-0.2, -0.15) is 5.06 Å². The largest absolute Gasteiger partial charge is 0.495 e. The summed E-state index contributed by atoms with van der Waals surface area (Å²) in [5, 5.41) is 6.17. The van der Waals surface area contributed by atoms with E-state index in [4.69, 9.17) is 14.4 Å². The molecule has 2 aliphatic heterocycles. The number of ether oxygens (including phenoxy) is 1. The first-order chi connectivity index (χ1) is 15.6. The highest BCUT2D eigenvalue weighted by Gasteiger charge is 2.50. The number of hydrogen-bond acceptors (Lipinski definition) is 6. The molecule has 5 rings (SSSR count). The molecule has 7 nitrogen and oxygen atoms in total. The monoisotopic (exact) mass is 430 g/mol. The van der Waals surface area contributed by atoms with Crippen LogP contribution in [-0.2, 0) is 15.4 Å². The Morgan fingerprint density at radius 3 is 2.69 bits per heavy atom. The van der Waals surface area contributed by atoms with Gasteiger partial charge < -0.3 is 14.1 Å². The Morgan fingerprint density at radius 2 is 1.94 bits per heavy atom. The average Bonchev–Trinajstić information content (AvgIpc) is 3.42. The van der Waals surface area contributed by atoms with Crippen LogP contribution < -0.4 is 4.74 Å². The van der Waals surface area contributed by atoms with E-state index in [2.05, 4.69) is 41.3 Å². The fourth-order valence-electron chi connectivity index (χ4n) is 4.13. The van der Waals surface area contributed by atoms with E-state index in [-0.39, 0.29) is 0 Å². The molecule has 1 fully saturated rings. The zero-order chi connectivity index (χ0) is 22.1. The second-order valence-corrected chi connectivity index (χ2v) is 8.11. The summed E-state index contributed by atoms with van der Waals surface area (Å²) < 4.78 is 7.57. The third kappa shape index (κ3) is 3.54. The van der Waals surface area contributed by atoms with Gasteiger partial charge in [0.2, 0.25) is 0 Å². The molecule has 0 saturated carbocycles. The number of methoxy groups -OCH3 is 1. The van der Waals surface area contributed by atoms with Gasteiger partial charge in [-0.25, -0.2) is 4.98 Å². The Morgan fingerprint density at radius 1 is 1.09 bits per heavy atom. The van der Waals surface area contributed by atoms with Crippen molar-refractivity contribution in [2.45, 2.75) is 32.4 Å². The van der Waals surface area contributed by atoms with Gasteiger partial charge in [0.05, 0.1) is 31.4 Å². The number of nitrogens with zero attached hydrogens (tertiary/aromatic N) is 4. The molecule has 2 aliphatic rings. The lowest BCUT2D eigenvalue weighted by atomic mass is 9.95. The molecule has 1 unspecified atom stereocenters. The number of aromatic nitrogens is 2. The summed E-state index contributed by atoms with van der Waals surface area (Å²) in [6.45, 7) is 4.67. The fourth-order valence-corrected chi connectivity index (χ4v) is 4.13. The van der Waals surface area contributed by atoms with Crippen molar-refractivity contribution in [1.29, 1.82) is 0 Å². The second-order valence-electron chi connectivity index (χ2n) is 8.11. The van der Waals surface area contributed by atoms with E-state index in [1.165, 1.54) is 5.56 Å². The van der Waals surface area contributed by atoms with Crippen LogP contribution in [0.3, 0.4) is 0 Å². The number of aryl methyl sites for hydroxylation is 2. The molecular weight excluding hydrogens is 404 g/mol. The van der Waals surface area contributed by atoms with Gasteiger partial charge in [0, 0.05) is 18.2 Å². The Kier molecular flexibility index (Phi) is 5.19. The highest BCUT2D eigenvalue weighted by molar-refractivity contribution is 5.96. The predicted octanol–water partition coefficient (Wildman–Crippen LogP) is 4.74. The lowest BCUT2D eigenvalue weighted by molar-refractivity contribution is -0.280. The van der Waals surface area contributed by atoms with Crippen molar-refractivity contribution in [3.8, 4) is 11.4 Å². The quantitative estimate of drug-likeness (QED) is 0.585. The lowest BCUT2D eigenvalue weighted by Gasteiger charge is -2.39. The molecule has 0 spiro atoms. The van der Waals surface area contributed by atoms with Gasteiger partial charge in [0.15, 0.2) is 5.84 Å². The highest BCUT2D eigenvalue weighted by Crippen LogP contribution is 2.42. The van der Waals surface area contributed by atoms with Crippen LogP contribution in [0.2, 0.25) is 0 Å². The van der Waals surface area contributed by atoms with Gasteiger partial charge in [-0.1, -0.05) is 47.1 Å². The van der Waals surface area contributed by atoms with E-state index in [9.17, 15) is 0 Å². The molecule has 1 saturated heterocycles. The molecule has 0 N–H and O–H groups in total. The number of amidine groups is 1. The van der Waals surface area contributed by atoms with Crippen LogP contribution in [-0.4, -0.2) is 34.2 Å². The molecule has 32 heavy (non-hydrogen) atoms. The molecule has 164 valence electrons. The summed E-state index contributed by atoms with van der Waals surface area (Å²) in [5.41, 5.74) is 4.40. The summed E-state index contributed by atoms with van der Waals surface area (Å²) >= 11 is 0. The number of rotatable bonds is 5. The number of hydrogen-bond donors (Lipinski definition) is 0. The van der Waals surface area contributed by atoms with Crippen LogP contribution >= 0.6 is 0 Å². The molecule has 1 aromatic heterocycles. The second kappa shape index (κ2) is 8.16. The Hall–Kier alpha value is -3.58. The Balaban J connectivity index is 1.40. The SMILES string of the molecule is COc1cc(/C=C/C2=NOC3(c4ccc(C)cc4)CCCON23)ccc1-n1cnc(C)c1. The number of hydroxylamine groups is 2. The molecule has 0 radical (unpaired) electrons. The smallest absolute Gasteiger partial charge is 0.259 e. The van der Waals surface area contributed by atoms with Crippen LogP contribution in [0.25, 0.3) is 11.8 Å². The fraction of sp³-hybridized carbons (Fsp3) is 0.280. The minimum Gasteiger partial charge on any atom is -0.495 e. The van der Waals surface area contributed by atoms with E-state index in [1.807, 2.05) is 48.0 Å². The lowest BCUT2D eigenvalue weighted by Crippen LogP contribution is -2.48. The normalized spacial score (nSPS) is 20.2. The van der Waals surface area contributed by atoms with Crippen molar-refractivity contribution >= 4 is 11.9 Å². The molecule has 1 atom stereocenters. The molecule has 2 aromatic carbocycles. The zero-order valence-corrected chi connectivity index (χ0v) is 18.5. The Labute approximate surface area is 187 Å². The molecule has 0 aliphatic carbocycles. The highest BCUT2D eigenvalue weighted by atomic mass is 16.8. The topological polar surface area (TPSA) is 61.1 Å². The van der Waals surface area contributed by atoms with E-state index < -0.39 is 5.72 Å². The van der Waals surface area contributed by atoms with Crippen molar-refractivity contribution in [2.24, 2.45) is 5.16 Å². The van der Waals surface area contributed by atoms with Crippen LogP contribution in [0, 0.1) is 13.8 Å². The van der Waals surface area contributed by atoms with Gasteiger partial charge in [0.25, 0.3) is 5.72 Å². The predicted molar refractivity (Wildman–Crippen MR) is 122 cm³/mol. The first kappa shape index (κ1) is 20.3. The maximum Gasteiger partial charge on any atom is 0.259 e. The molecule has 7 heteroatoms. The van der Waals surface area contributed by atoms with Crippen molar-refractivity contribution in [3.63, 3.8) is 0 Å². The van der Waals surface area contributed by atoms with E-state index >= 15 is 0 Å². The van der Waals surface area contributed by atoms with E-state index in [0.717, 1.165) is 41.1 Å². The third-order valence-corrected chi connectivity index (χ3v) is 5.83. The molecule has 3 aromatic rings. The van der Waals surface area contributed by atoms with Crippen LogP contribution in [0.4, 0.5) is 0 Å². The molecule has 0 bridgehead atoms. The maximum absolute atomic E-state index is 6.01.